The van der Waals surface area contributed by atoms with E-state index in [9.17, 15) is 4.79 Å². The van der Waals surface area contributed by atoms with Crippen LogP contribution in [0, 0.1) is 0 Å². The number of carbonyl (C=O) groups excluding carboxylic acids is 1. The Morgan fingerprint density at radius 3 is 2.02 bits per heavy atom. The molecule has 2 aliphatic rings. The molecule has 0 unspecified atom stereocenters. The van der Waals surface area contributed by atoms with Crippen LogP contribution in [-0.4, -0.2) is 67.6 Å². The molecule has 0 spiro atoms. The van der Waals surface area contributed by atoms with Crippen molar-refractivity contribution < 1.29 is 9.53 Å². The van der Waals surface area contributed by atoms with Gasteiger partial charge < -0.3 is 14.5 Å². The van der Waals surface area contributed by atoms with E-state index in [-0.39, 0.29) is 11.9 Å². The van der Waals surface area contributed by atoms with Crippen molar-refractivity contribution in [2.45, 2.75) is 70.4 Å². The molecule has 0 N–H and O–H groups in total. The number of hydrogen-bond donors (Lipinski definition) is 0. The van der Waals surface area contributed by atoms with Gasteiger partial charge in [-0.25, -0.2) is 0 Å². The average molecular weight is 554 g/mol. The molecule has 5 heteroatoms. The number of rotatable bonds is 10. The monoisotopic (exact) mass is 553 g/mol. The number of amides is 1. The highest BCUT2D eigenvalue weighted by Crippen LogP contribution is 2.33. The van der Waals surface area contributed by atoms with Crippen LogP contribution in [0.2, 0.25) is 0 Å². The van der Waals surface area contributed by atoms with Gasteiger partial charge in [-0.2, -0.15) is 0 Å². The molecule has 5 nitrogen and oxygen atoms in total. The van der Waals surface area contributed by atoms with Gasteiger partial charge in [-0.1, -0.05) is 79.9 Å². The van der Waals surface area contributed by atoms with Gasteiger partial charge in [-0.15, -0.1) is 0 Å². The van der Waals surface area contributed by atoms with Crippen LogP contribution in [0.4, 0.5) is 5.69 Å². The van der Waals surface area contributed by atoms with E-state index in [1.807, 2.05) is 12.1 Å². The van der Waals surface area contributed by atoms with Gasteiger partial charge in [0.05, 0.1) is 12.8 Å². The van der Waals surface area contributed by atoms with Gasteiger partial charge in [-0.05, 0) is 69.0 Å². The first-order valence-corrected chi connectivity index (χ1v) is 15.6. The Labute approximate surface area is 247 Å². The Morgan fingerprint density at radius 2 is 1.46 bits per heavy atom. The van der Waals surface area contributed by atoms with Crippen molar-refractivity contribution in [2.75, 3.05) is 44.7 Å². The topological polar surface area (TPSA) is 36.0 Å². The summed E-state index contributed by atoms with van der Waals surface area (Å²) >= 11 is 0. The fourth-order valence-corrected chi connectivity index (χ4v) is 6.82. The van der Waals surface area contributed by atoms with Gasteiger partial charge in [0.1, 0.15) is 5.75 Å². The van der Waals surface area contributed by atoms with Crippen molar-refractivity contribution in [3.63, 3.8) is 0 Å². The molecular weight excluding hydrogens is 506 g/mol. The molecule has 1 saturated carbocycles. The van der Waals surface area contributed by atoms with E-state index in [2.05, 4.69) is 95.3 Å². The minimum absolute atomic E-state index is 0.155. The summed E-state index contributed by atoms with van der Waals surface area (Å²) in [4.78, 5) is 20.9. The molecule has 2 fully saturated rings. The quantitative estimate of drug-likeness (QED) is 0.266. The van der Waals surface area contributed by atoms with E-state index >= 15 is 0 Å². The van der Waals surface area contributed by atoms with Gasteiger partial charge in [0.15, 0.2) is 0 Å². The highest BCUT2D eigenvalue weighted by molar-refractivity contribution is 5.96. The highest BCUT2D eigenvalue weighted by atomic mass is 16.5. The molecule has 1 aliphatic heterocycles. The lowest BCUT2D eigenvalue weighted by atomic mass is 9.88. The zero-order chi connectivity index (χ0) is 28.6. The number of nitrogens with zero attached hydrogens (tertiary/aromatic N) is 3. The summed E-state index contributed by atoms with van der Waals surface area (Å²) in [5.74, 6) is 1.39. The van der Waals surface area contributed by atoms with E-state index < -0.39 is 0 Å². The van der Waals surface area contributed by atoms with E-state index in [0.717, 1.165) is 69.0 Å². The van der Waals surface area contributed by atoms with Crippen molar-refractivity contribution >= 4 is 11.6 Å². The first-order chi connectivity index (χ1) is 20.0. The van der Waals surface area contributed by atoms with E-state index in [1.165, 1.54) is 30.4 Å². The van der Waals surface area contributed by atoms with Crippen LogP contribution in [0.25, 0.3) is 0 Å². The van der Waals surface area contributed by atoms with Gasteiger partial charge in [0, 0.05) is 49.7 Å². The fraction of sp³-hybridized carbons (Fsp3) is 0.472. The first-order valence-electron chi connectivity index (χ1n) is 15.6. The molecule has 218 valence electrons. The number of ether oxygens (including phenoxy) is 1. The molecule has 0 radical (unpaired) electrons. The zero-order valence-corrected chi connectivity index (χ0v) is 25.2. The minimum atomic E-state index is 0.155. The second-order valence-electron chi connectivity index (χ2n) is 12.0. The van der Waals surface area contributed by atoms with Crippen molar-refractivity contribution in [3.05, 3.63) is 95.6 Å². The molecular formula is C36H47N3O2. The van der Waals surface area contributed by atoms with Gasteiger partial charge in [0.25, 0.3) is 5.91 Å². The van der Waals surface area contributed by atoms with Crippen molar-refractivity contribution in [1.29, 1.82) is 0 Å². The Hall–Kier alpha value is -3.31. The number of anilines is 1. The van der Waals surface area contributed by atoms with E-state index in [1.54, 1.807) is 7.11 Å². The minimum Gasteiger partial charge on any atom is -0.495 e. The maximum absolute atomic E-state index is 13.8. The molecule has 1 saturated heterocycles. The Kier molecular flexibility index (Phi) is 10.00. The molecule has 5 rings (SSSR count). The second kappa shape index (κ2) is 14.0. The second-order valence-corrected chi connectivity index (χ2v) is 12.0. The summed E-state index contributed by atoms with van der Waals surface area (Å²) in [6.45, 7) is 9.20. The van der Waals surface area contributed by atoms with Crippen molar-refractivity contribution in [3.8, 4) is 5.75 Å². The van der Waals surface area contributed by atoms with Crippen LogP contribution in [0.5, 0.6) is 5.75 Å². The Morgan fingerprint density at radius 1 is 0.854 bits per heavy atom. The largest absolute Gasteiger partial charge is 0.495 e. The van der Waals surface area contributed by atoms with Crippen LogP contribution in [0.1, 0.15) is 79.8 Å². The molecule has 1 amide bonds. The summed E-state index contributed by atoms with van der Waals surface area (Å²) in [6, 6.07) is 28.3. The Balaban J connectivity index is 1.25. The van der Waals surface area contributed by atoms with Crippen LogP contribution >= 0.6 is 0 Å². The lowest BCUT2D eigenvalue weighted by Gasteiger charge is -2.38. The third-order valence-corrected chi connectivity index (χ3v) is 9.04. The number of piperazine rings is 1. The van der Waals surface area contributed by atoms with E-state index in [0.29, 0.717) is 12.0 Å². The molecule has 0 bridgehead atoms. The number of benzene rings is 3. The smallest absolute Gasteiger partial charge is 0.254 e. The molecule has 1 aliphatic carbocycles. The highest BCUT2D eigenvalue weighted by Gasteiger charge is 2.30. The first kappa shape index (κ1) is 29.2. The SMILES string of the molecule is COc1ccc(C(=O)N(C(C)C)C2CCCCC2)cc1N1CCN(CCC(c2ccccc2)c2ccccc2)CC1. The molecule has 3 aromatic carbocycles. The molecule has 41 heavy (non-hydrogen) atoms. The third-order valence-electron chi connectivity index (χ3n) is 9.04. The summed E-state index contributed by atoms with van der Waals surface area (Å²) in [5.41, 5.74) is 4.58. The maximum atomic E-state index is 13.8. The third kappa shape index (κ3) is 7.13. The van der Waals surface area contributed by atoms with Gasteiger partial charge in [0.2, 0.25) is 0 Å². The summed E-state index contributed by atoms with van der Waals surface area (Å²) in [5, 5.41) is 0. The van der Waals surface area contributed by atoms with Crippen LogP contribution in [0.15, 0.2) is 78.9 Å². The van der Waals surface area contributed by atoms with Crippen molar-refractivity contribution in [1.82, 2.24) is 9.80 Å². The number of hydrogen-bond acceptors (Lipinski definition) is 4. The zero-order valence-electron chi connectivity index (χ0n) is 25.2. The maximum Gasteiger partial charge on any atom is 0.254 e. The van der Waals surface area contributed by atoms with Gasteiger partial charge >= 0.3 is 0 Å². The lowest BCUT2D eigenvalue weighted by Crippen LogP contribution is -2.47. The summed E-state index contributed by atoms with van der Waals surface area (Å²) < 4.78 is 5.78. The Bertz CT molecular complexity index is 1190. The molecule has 0 atom stereocenters. The lowest BCUT2D eigenvalue weighted by molar-refractivity contribution is 0.0555. The van der Waals surface area contributed by atoms with Crippen LogP contribution < -0.4 is 9.64 Å². The molecule has 0 aromatic heterocycles. The predicted octanol–water partition coefficient (Wildman–Crippen LogP) is 7.22. The number of methoxy groups -OCH3 is 1. The molecule has 3 aromatic rings. The molecule has 1 heterocycles. The average Bonchev–Trinajstić information content (AvgIpc) is 3.02. The predicted molar refractivity (Wildman–Crippen MR) is 169 cm³/mol. The fourth-order valence-electron chi connectivity index (χ4n) is 6.82. The van der Waals surface area contributed by atoms with Crippen LogP contribution in [-0.2, 0) is 0 Å². The number of carbonyl (C=O) groups is 1. The van der Waals surface area contributed by atoms with E-state index in [4.69, 9.17) is 4.74 Å². The van der Waals surface area contributed by atoms with Crippen molar-refractivity contribution in [2.24, 2.45) is 0 Å². The normalized spacial score (nSPS) is 16.8. The summed E-state index contributed by atoms with van der Waals surface area (Å²) in [7, 11) is 1.73. The van der Waals surface area contributed by atoms with Gasteiger partial charge in [-0.3, -0.25) is 9.69 Å². The van der Waals surface area contributed by atoms with Crippen LogP contribution in [0.3, 0.4) is 0 Å². The summed E-state index contributed by atoms with van der Waals surface area (Å²) in [6.07, 6.45) is 7.05. The standard InChI is InChI=1S/C36H47N3O2/c1-28(2)39(32-17-11-6-12-18-32)36(40)31-19-20-35(41-3)34(27-31)38-25-23-37(24-26-38)22-21-33(29-13-7-4-8-14-29)30-15-9-5-10-16-30/h4-5,7-10,13-16,19-20,27-28,32-33H,6,11-12,17-18,21-26H2,1-3H3.